The molecule has 0 heterocycles. The van der Waals surface area contributed by atoms with Crippen LogP contribution in [0.1, 0.15) is 33.1 Å². The number of carbonyl (C=O) groups is 1. The lowest BCUT2D eigenvalue weighted by Crippen LogP contribution is -2.44. The predicted molar refractivity (Wildman–Crippen MR) is 56.8 cm³/mol. The minimum Gasteiger partial charge on any atom is -0.319 e. The molecule has 0 amide bonds. The molecule has 0 bridgehead atoms. The Morgan fingerprint density at radius 1 is 1.43 bits per heavy atom. The van der Waals surface area contributed by atoms with Crippen LogP contribution in [0.2, 0.25) is 0 Å². The highest BCUT2D eigenvalue weighted by atomic mass is 32.2. The van der Waals surface area contributed by atoms with Crippen molar-refractivity contribution in [3.05, 3.63) is 0 Å². The third-order valence-electron chi connectivity index (χ3n) is 2.29. The highest BCUT2D eigenvalue weighted by Gasteiger charge is 2.25. The van der Waals surface area contributed by atoms with Crippen LogP contribution in [0.15, 0.2) is 0 Å². The number of hydrogen-bond donors (Lipinski definition) is 1. The number of Topliss-reactive ketones (excluding diaryl/α,β-unsaturated/α-hetero) is 1. The highest BCUT2D eigenvalue weighted by molar-refractivity contribution is 7.90. The molecule has 0 radical (unpaired) electrons. The summed E-state index contributed by atoms with van der Waals surface area (Å²) in [5.41, 5.74) is 4.90. The summed E-state index contributed by atoms with van der Waals surface area (Å²) in [5, 5.41) is 0. The van der Waals surface area contributed by atoms with Gasteiger partial charge in [0, 0.05) is 12.7 Å². The summed E-state index contributed by atoms with van der Waals surface area (Å²) < 4.78 is 21.6. The molecule has 0 aromatic carbocycles. The lowest BCUT2D eigenvalue weighted by atomic mass is 9.92. The van der Waals surface area contributed by atoms with Crippen molar-refractivity contribution in [3.8, 4) is 0 Å². The van der Waals surface area contributed by atoms with Gasteiger partial charge in [-0.2, -0.15) is 0 Å². The first-order valence-electron chi connectivity index (χ1n) is 4.69. The molecule has 84 valence electrons. The van der Waals surface area contributed by atoms with Gasteiger partial charge in [-0.15, -0.1) is 0 Å². The van der Waals surface area contributed by atoms with E-state index in [0.29, 0.717) is 12.8 Å². The Bertz CT molecular complexity index is 293. The summed E-state index contributed by atoms with van der Waals surface area (Å²) in [6.45, 7) is 3.52. The fourth-order valence-electron chi connectivity index (χ4n) is 0.978. The van der Waals surface area contributed by atoms with E-state index >= 15 is 0 Å². The van der Waals surface area contributed by atoms with Crippen LogP contribution in [0.3, 0.4) is 0 Å². The van der Waals surface area contributed by atoms with Gasteiger partial charge in [0.05, 0.1) is 11.3 Å². The first-order chi connectivity index (χ1) is 6.19. The SMILES string of the molecule is CCC(C)(N)C(=O)CCCS(C)(=O)=O. The molecule has 5 heteroatoms. The summed E-state index contributed by atoms with van der Waals surface area (Å²) in [5.74, 6) is -0.0120. The van der Waals surface area contributed by atoms with Crippen LogP contribution >= 0.6 is 0 Å². The third-order valence-corrected chi connectivity index (χ3v) is 3.32. The van der Waals surface area contributed by atoms with Crippen molar-refractivity contribution < 1.29 is 13.2 Å². The quantitative estimate of drug-likeness (QED) is 0.709. The molecular formula is C9H19NO3S. The van der Waals surface area contributed by atoms with E-state index in [-0.39, 0.29) is 18.0 Å². The van der Waals surface area contributed by atoms with E-state index in [1.165, 1.54) is 6.26 Å². The number of hydrogen-bond acceptors (Lipinski definition) is 4. The van der Waals surface area contributed by atoms with E-state index in [2.05, 4.69) is 0 Å². The Hall–Kier alpha value is -0.420. The van der Waals surface area contributed by atoms with E-state index in [1.54, 1.807) is 6.92 Å². The Morgan fingerprint density at radius 2 is 1.93 bits per heavy atom. The molecule has 0 aromatic heterocycles. The van der Waals surface area contributed by atoms with Gasteiger partial charge in [-0.25, -0.2) is 8.42 Å². The van der Waals surface area contributed by atoms with Crippen LogP contribution in [0.25, 0.3) is 0 Å². The van der Waals surface area contributed by atoms with Crippen LogP contribution in [-0.2, 0) is 14.6 Å². The highest BCUT2D eigenvalue weighted by Crippen LogP contribution is 2.10. The molecular weight excluding hydrogens is 202 g/mol. The molecule has 1 atom stereocenters. The lowest BCUT2D eigenvalue weighted by molar-refractivity contribution is -0.123. The van der Waals surface area contributed by atoms with Crippen LogP contribution in [0.5, 0.6) is 0 Å². The van der Waals surface area contributed by atoms with Gasteiger partial charge in [0.25, 0.3) is 0 Å². The number of rotatable bonds is 6. The molecule has 0 saturated heterocycles. The summed E-state index contributed by atoms with van der Waals surface area (Å²) in [6.07, 6.45) is 2.35. The Labute approximate surface area is 85.8 Å². The molecule has 1 unspecified atom stereocenters. The van der Waals surface area contributed by atoms with Gasteiger partial charge in [0.2, 0.25) is 0 Å². The average Bonchev–Trinajstić information content (AvgIpc) is 2.02. The van der Waals surface area contributed by atoms with Crippen molar-refractivity contribution in [2.45, 2.75) is 38.6 Å². The summed E-state index contributed by atoms with van der Waals surface area (Å²) in [4.78, 5) is 11.5. The van der Waals surface area contributed by atoms with Gasteiger partial charge in [-0.05, 0) is 19.8 Å². The van der Waals surface area contributed by atoms with E-state index in [4.69, 9.17) is 5.73 Å². The van der Waals surface area contributed by atoms with Gasteiger partial charge in [0.1, 0.15) is 9.84 Å². The Morgan fingerprint density at radius 3 is 2.29 bits per heavy atom. The van der Waals surface area contributed by atoms with Crippen LogP contribution < -0.4 is 5.73 Å². The minimum atomic E-state index is -2.97. The Kier molecular flexibility index (Phi) is 4.74. The number of ketones is 1. The zero-order valence-electron chi connectivity index (χ0n) is 9.04. The fourth-order valence-corrected chi connectivity index (χ4v) is 1.65. The van der Waals surface area contributed by atoms with E-state index in [1.807, 2.05) is 6.92 Å². The van der Waals surface area contributed by atoms with Gasteiger partial charge < -0.3 is 5.73 Å². The first kappa shape index (κ1) is 13.6. The predicted octanol–water partition coefficient (Wildman–Crippen LogP) is 0.508. The molecule has 0 rings (SSSR count). The van der Waals surface area contributed by atoms with Crippen LogP contribution in [0.4, 0.5) is 0 Å². The number of carbonyl (C=O) groups excluding carboxylic acids is 1. The van der Waals surface area contributed by atoms with E-state index in [0.717, 1.165) is 0 Å². The summed E-state index contributed by atoms with van der Waals surface area (Å²) in [7, 11) is -2.97. The largest absolute Gasteiger partial charge is 0.319 e. The smallest absolute Gasteiger partial charge is 0.152 e. The van der Waals surface area contributed by atoms with Gasteiger partial charge in [-0.1, -0.05) is 6.92 Å². The van der Waals surface area contributed by atoms with Gasteiger partial charge in [0.15, 0.2) is 5.78 Å². The number of sulfone groups is 1. The monoisotopic (exact) mass is 221 g/mol. The molecule has 4 nitrogen and oxygen atoms in total. The maximum atomic E-state index is 11.5. The molecule has 0 aliphatic heterocycles. The van der Waals surface area contributed by atoms with Crippen molar-refractivity contribution in [3.63, 3.8) is 0 Å². The standard InChI is InChI=1S/C9H19NO3S/c1-4-9(2,10)8(11)6-5-7-14(3,12)13/h4-7,10H2,1-3H3. The Balaban J connectivity index is 3.99. The maximum Gasteiger partial charge on any atom is 0.152 e. The molecule has 2 N–H and O–H groups in total. The molecule has 0 aliphatic rings. The van der Waals surface area contributed by atoms with E-state index in [9.17, 15) is 13.2 Å². The van der Waals surface area contributed by atoms with Crippen molar-refractivity contribution in [2.24, 2.45) is 5.73 Å². The molecule has 0 aliphatic carbocycles. The molecule has 14 heavy (non-hydrogen) atoms. The first-order valence-corrected chi connectivity index (χ1v) is 6.75. The lowest BCUT2D eigenvalue weighted by Gasteiger charge is -2.20. The number of nitrogens with two attached hydrogens (primary N) is 1. The molecule has 0 spiro atoms. The maximum absolute atomic E-state index is 11.5. The topological polar surface area (TPSA) is 77.2 Å². The second kappa shape index (κ2) is 4.89. The van der Waals surface area contributed by atoms with Crippen LogP contribution in [0, 0.1) is 0 Å². The second-order valence-electron chi connectivity index (χ2n) is 3.93. The van der Waals surface area contributed by atoms with Crippen molar-refractivity contribution in [2.75, 3.05) is 12.0 Å². The van der Waals surface area contributed by atoms with Crippen molar-refractivity contribution in [1.82, 2.24) is 0 Å². The summed E-state index contributed by atoms with van der Waals surface area (Å²) in [6, 6.07) is 0. The molecule has 0 saturated carbocycles. The van der Waals surface area contributed by atoms with Crippen LogP contribution in [-0.4, -0.2) is 31.7 Å². The van der Waals surface area contributed by atoms with Crippen molar-refractivity contribution >= 4 is 15.6 Å². The zero-order valence-corrected chi connectivity index (χ0v) is 9.86. The molecule has 0 fully saturated rings. The van der Waals surface area contributed by atoms with Gasteiger partial charge in [-0.3, -0.25) is 4.79 Å². The zero-order chi connectivity index (χ0) is 11.4. The average molecular weight is 221 g/mol. The minimum absolute atomic E-state index is 0.0541. The van der Waals surface area contributed by atoms with E-state index < -0.39 is 15.4 Å². The van der Waals surface area contributed by atoms with Crippen molar-refractivity contribution in [1.29, 1.82) is 0 Å². The van der Waals surface area contributed by atoms with Gasteiger partial charge >= 0.3 is 0 Å². The molecule has 0 aromatic rings. The normalized spacial score (nSPS) is 16.3. The third kappa shape index (κ3) is 5.34. The summed E-state index contributed by atoms with van der Waals surface area (Å²) >= 11 is 0. The fraction of sp³-hybridized carbons (Fsp3) is 0.889. The second-order valence-corrected chi connectivity index (χ2v) is 6.19.